The van der Waals surface area contributed by atoms with Crippen LogP contribution in [0.2, 0.25) is 0 Å². The number of aliphatic imine (C=N–C) groups is 1. The Labute approximate surface area is 149 Å². The number of nitrogens with zero attached hydrogens (tertiary/aromatic N) is 2. The van der Waals surface area contributed by atoms with Crippen LogP contribution in [0.25, 0.3) is 0 Å². The topological polar surface area (TPSA) is 46.1 Å². The van der Waals surface area contributed by atoms with Gasteiger partial charge in [0.05, 0.1) is 13.7 Å². The third-order valence-corrected chi connectivity index (χ3v) is 4.38. The highest BCUT2D eigenvalue weighted by Gasteiger charge is 2.22. The summed E-state index contributed by atoms with van der Waals surface area (Å²) in [5.74, 6) is 2.72. The van der Waals surface area contributed by atoms with Crippen LogP contribution >= 0.6 is 0 Å². The number of methoxy groups -OCH3 is 1. The van der Waals surface area contributed by atoms with E-state index in [1.54, 1.807) is 14.2 Å². The first kappa shape index (κ1) is 17.1. The molecule has 0 aromatic heterocycles. The Balaban J connectivity index is 1.56. The molecule has 1 atom stereocenters. The van der Waals surface area contributed by atoms with E-state index in [2.05, 4.69) is 33.4 Å². The number of benzene rings is 2. The number of hydrogen-bond donors (Lipinski definition) is 1. The first-order chi connectivity index (χ1) is 12.2. The molecule has 0 fully saturated rings. The molecular weight excluding hydrogens is 314 g/mol. The van der Waals surface area contributed by atoms with Crippen molar-refractivity contribution < 1.29 is 9.47 Å². The Hall–Kier alpha value is -2.69. The molecule has 0 bridgehead atoms. The van der Waals surface area contributed by atoms with E-state index in [0.29, 0.717) is 0 Å². The van der Waals surface area contributed by atoms with Crippen molar-refractivity contribution in [2.45, 2.75) is 19.1 Å². The van der Waals surface area contributed by atoms with Crippen LogP contribution in [0.4, 0.5) is 0 Å². The molecule has 2 aromatic carbocycles. The highest BCUT2D eigenvalue weighted by Crippen LogP contribution is 2.27. The molecule has 0 aliphatic carbocycles. The number of guanidine groups is 1. The first-order valence-corrected chi connectivity index (χ1v) is 8.49. The Kier molecular flexibility index (Phi) is 5.43. The van der Waals surface area contributed by atoms with E-state index in [4.69, 9.17) is 9.47 Å². The number of nitrogens with one attached hydrogen (secondary N) is 1. The van der Waals surface area contributed by atoms with Gasteiger partial charge in [-0.15, -0.1) is 0 Å². The third-order valence-electron chi connectivity index (χ3n) is 4.38. The molecule has 0 saturated carbocycles. The van der Waals surface area contributed by atoms with Crippen LogP contribution in [-0.4, -0.2) is 44.7 Å². The molecule has 25 heavy (non-hydrogen) atoms. The molecule has 0 saturated heterocycles. The molecule has 0 amide bonds. The van der Waals surface area contributed by atoms with Gasteiger partial charge in [0.15, 0.2) is 5.96 Å². The van der Waals surface area contributed by atoms with E-state index < -0.39 is 0 Å². The summed E-state index contributed by atoms with van der Waals surface area (Å²) in [6, 6.07) is 16.3. The van der Waals surface area contributed by atoms with Crippen molar-refractivity contribution in [3.05, 3.63) is 59.7 Å². The van der Waals surface area contributed by atoms with Crippen molar-refractivity contribution in [1.82, 2.24) is 10.2 Å². The average Bonchev–Trinajstić information content (AvgIpc) is 3.05. The first-order valence-electron chi connectivity index (χ1n) is 8.49. The largest absolute Gasteiger partial charge is 0.496 e. The van der Waals surface area contributed by atoms with E-state index >= 15 is 0 Å². The van der Waals surface area contributed by atoms with Gasteiger partial charge in [-0.1, -0.05) is 36.4 Å². The van der Waals surface area contributed by atoms with Crippen molar-refractivity contribution >= 4 is 5.96 Å². The van der Waals surface area contributed by atoms with Gasteiger partial charge >= 0.3 is 0 Å². The lowest BCUT2D eigenvalue weighted by molar-refractivity contribution is 0.233. The summed E-state index contributed by atoms with van der Waals surface area (Å²) >= 11 is 0. The van der Waals surface area contributed by atoms with Gasteiger partial charge in [-0.25, -0.2) is 0 Å². The Morgan fingerprint density at radius 2 is 2.00 bits per heavy atom. The molecule has 1 N–H and O–H groups in total. The van der Waals surface area contributed by atoms with Gasteiger partial charge in [0.1, 0.15) is 17.6 Å². The maximum absolute atomic E-state index is 5.98. The molecule has 1 heterocycles. The van der Waals surface area contributed by atoms with Gasteiger partial charge in [0.2, 0.25) is 0 Å². The van der Waals surface area contributed by atoms with Crippen LogP contribution in [0, 0.1) is 0 Å². The minimum absolute atomic E-state index is 0.133. The average molecular weight is 339 g/mol. The second kappa shape index (κ2) is 7.92. The van der Waals surface area contributed by atoms with Crippen LogP contribution in [0.5, 0.6) is 11.5 Å². The maximum Gasteiger partial charge on any atom is 0.193 e. The molecule has 1 unspecified atom stereocenters. The quantitative estimate of drug-likeness (QED) is 0.672. The van der Waals surface area contributed by atoms with Gasteiger partial charge in [0, 0.05) is 32.6 Å². The highest BCUT2D eigenvalue weighted by molar-refractivity contribution is 5.79. The second-order valence-corrected chi connectivity index (χ2v) is 6.15. The zero-order valence-electron chi connectivity index (χ0n) is 15.0. The molecule has 2 aromatic rings. The predicted molar refractivity (Wildman–Crippen MR) is 100 cm³/mol. The SMILES string of the molecule is CN=C(NCC1Cc2ccccc2O1)N(C)Cc1ccccc1OC. The number of rotatable bonds is 5. The molecule has 0 radical (unpaired) electrons. The van der Waals surface area contributed by atoms with E-state index in [-0.39, 0.29) is 6.10 Å². The maximum atomic E-state index is 5.98. The Morgan fingerprint density at radius 3 is 2.76 bits per heavy atom. The molecule has 5 heteroatoms. The Morgan fingerprint density at radius 1 is 1.24 bits per heavy atom. The zero-order valence-corrected chi connectivity index (χ0v) is 15.0. The normalized spacial score (nSPS) is 16.1. The summed E-state index contributed by atoms with van der Waals surface area (Å²) < 4.78 is 11.4. The van der Waals surface area contributed by atoms with Crippen molar-refractivity contribution in [3.63, 3.8) is 0 Å². The van der Waals surface area contributed by atoms with Gasteiger partial charge < -0.3 is 19.7 Å². The smallest absolute Gasteiger partial charge is 0.193 e. The zero-order chi connectivity index (χ0) is 17.6. The summed E-state index contributed by atoms with van der Waals surface area (Å²) in [5, 5.41) is 3.41. The van der Waals surface area contributed by atoms with Gasteiger partial charge in [-0.2, -0.15) is 0 Å². The highest BCUT2D eigenvalue weighted by atomic mass is 16.5. The molecule has 3 rings (SSSR count). The summed E-state index contributed by atoms with van der Waals surface area (Å²) in [6.07, 6.45) is 1.06. The monoisotopic (exact) mass is 339 g/mol. The van der Waals surface area contributed by atoms with Crippen LogP contribution < -0.4 is 14.8 Å². The van der Waals surface area contributed by atoms with E-state index in [1.807, 2.05) is 37.4 Å². The van der Waals surface area contributed by atoms with Gasteiger partial charge in [0.25, 0.3) is 0 Å². The van der Waals surface area contributed by atoms with Crippen molar-refractivity contribution in [1.29, 1.82) is 0 Å². The molecule has 132 valence electrons. The minimum atomic E-state index is 0.133. The fourth-order valence-corrected chi connectivity index (χ4v) is 3.12. The number of fused-ring (bicyclic) bond motifs is 1. The van der Waals surface area contributed by atoms with E-state index in [0.717, 1.165) is 42.5 Å². The summed E-state index contributed by atoms with van der Waals surface area (Å²) in [6.45, 7) is 1.44. The van der Waals surface area contributed by atoms with Crippen molar-refractivity contribution in [3.8, 4) is 11.5 Å². The summed E-state index contributed by atoms with van der Waals surface area (Å²) in [5.41, 5.74) is 2.40. The standard InChI is InChI=1S/C20H25N3O2/c1-21-20(23(2)14-16-9-5-6-10-18(16)24-3)22-13-17-12-15-8-4-7-11-19(15)25-17/h4-11,17H,12-14H2,1-3H3,(H,21,22). The van der Waals surface area contributed by atoms with E-state index in [9.17, 15) is 0 Å². The van der Waals surface area contributed by atoms with Gasteiger partial charge in [-0.05, 0) is 17.7 Å². The predicted octanol–water partition coefficient (Wildman–Crippen LogP) is 2.71. The van der Waals surface area contributed by atoms with Crippen LogP contribution in [0.1, 0.15) is 11.1 Å². The van der Waals surface area contributed by atoms with Crippen molar-refractivity contribution in [2.75, 3.05) is 27.7 Å². The number of para-hydroxylation sites is 2. The fraction of sp³-hybridized carbons (Fsp3) is 0.350. The lowest BCUT2D eigenvalue weighted by Gasteiger charge is -2.24. The van der Waals surface area contributed by atoms with Crippen LogP contribution in [0.15, 0.2) is 53.5 Å². The van der Waals surface area contributed by atoms with Crippen molar-refractivity contribution in [2.24, 2.45) is 4.99 Å². The second-order valence-electron chi connectivity index (χ2n) is 6.15. The molecular formula is C20H25N3O2. The fourth-order valence-electron chi connectivity index (χ4n) is 3.12. The molecule has 1 aliphatic heterocycles. The summed E-state index contributed by atoms with van der Waals surface area (Å²) in [7, 11) is 5.51. The third kappa shape index (κ3) is 4.05. The number of hydrogen-bond acceptors (Lipinski definition) is 3. The lowest BCUT2D eigenvalue weighted by atomic mass is 10.1. The summed E-state index contributed by atoms with van der Waals surface area (Å²) in [4.78, 5) is 6.47. The minimum Gasteiger partial charge on any atom is -0.496 e. The Bertz CT molecular complexity index is 720. The lowest BCUT2D eigenvalue weighted by Crippen LogP contribution is -2.42. The molecule has 0 spiro atoms. The van der Waals surface area contributed by atoms with Crippen LogP contribution in [-0.2, 0) is 13.0 Å². The number of ether oxygens (including phenoxy) is 2. The van der Waals surface area contributed by atoms with E-state index in [1.165, 1.54) is 5.56 Å². The van der Waals surface area contributed by atoms with Gasteiger partial charge in [-0.3, -0.25) is 4.99 Å². The molecule has 1 aliphatic rings. The van der Waals surface area contributed by atoms with Crippen LogP contribution in [0.3, 0.4) is 0 Å². The molecule has 5 nitrogen and oxygen atoms in total.